The second-order valence-electron chi connectivity index (χ2n) is 10.7. The van der Waals surface area contributed by atoms with Crippen molar-refractivity contribution in [3.05, 3.63) is 80.4 Å². The molecular formula is C28H25Cl2F5N4O4. The molecule has 0 bridgehead atoms. The number of carboxylic acid groups (broad SMARTS) is 1. The molecule has 2 heterocycles. The quantitative estimate of drug-likeness (QED) is 0.210. The predicted octanol–water partition coefficient (Wildman–Crippen LogP) is 6.92. The third kappa shape index (κ3) is 6.82. The molecule has 1 aliphatic rings. The Morgan fingerprint density at radius 2 is 1.70 bits per heavy atom. The van der Waals surface area contributed by atoms with Crippen molar-refractivity contribution in [2.45, 2.75) is 58.3 Å². The minimum Gasteiger partial charge on any atom is -0.481 e. The number of alkyl halides is 3. The van der Waals surface area contributed by atoms with E-state index in [1.807, 2.05) is 0 Å². The van der Waals surface area contributed by atoms with Crippen molar-refractivity contribution in [1.29, 1.82) is 0 Å². The predicted molar refractivity (Wildman–Crippen MR) is 145 cm³/mol. The van der Waals surface area contributed by atoms with Gasteiger partial charge in [-0.1, -0.05) is 23.2 Å². The first kappa shape index (κ1) is 32.3. The van der Waals surface area contributed by atoms with Crippen LogP contribution in [0.15, 0.2) is 30.6 Å². The Kier molecular flexibility index (Phi) is 9.17. The van der Waals surface area contributed by atoms with Crippen molar-refractivity contribution in [2.75, 3.05) is 6.54 Å². The highest BCUT2D eigenvalue weighted by Gasteiger charge is 2.45. The second kappa shape index (κ2) is 12.2. The molecule has 1 aromatic carbocycles. The van der Waals surface area contributed by atoms with Gasteiger partial charge in [0.25, 0.3) is 5.91 Å². The molecular weight excluding hydrogens is 622 g/mol. The fraction of sp³-hybridized carbons (Fsp3) is 0.393. The zero-order valence-electron chi connectivity index (χ0n) is 22.8. The maximum atomic E-state index is 14.5. The first-order valence-corrected chi connectivity index (χ1v) is 13.7. The number of halogens is 7. The number of rotatable bonds is 8. The molecule has 0 saturated heterocycles. The molecule has 4 rings (SSSR count). The minimum atomic E-state index is -5.08. The summed E-state index contributed by atoms with van der Waals surface area (Å²) in [6.45, 7) is 1.49. The Morgan fingerprint density at radius 3 is 2.26 bits per heavy atom. The molecule has 8 nitrogen and oxygen atoms in total. The lowest BCUT2D eigenvalue weighted by Gasteiger charge is -2.34. The molecule has 43 heavy (non-hydrogen) atoms. The summed E-state index contributed by atoms with van der Waals surface area (Å²) in [5.41, 5.74) is -3.53. The van der Waals surface area contributed by atoms with Gasteiger partial charge in [-0.05, 0) is 57.2 Å². The average molecular weight is 647 g/mol. The van der Waals surface area contributed by atoms with E-state index >= 15 is 0 Å². The van der Waals surface area contributed by atoms with Crippen molar-refractivity contribution in [1.82, 2.24) is 19.7 Å². The van der Waals surface area contributed by atoms with Gasteiger partial charge in [-0.25, -0.2) is 8.78 Å². The van der Waals surface area contributed by atoms with Crippen LogP contribution >= 0.6 is 23.2 Å². The van der Waals surface area contributed by atoms with Gasteiger partial charge in [-0.2, -0.15) is 18.3 Å². The smallest absolute Gasteiger partial charge is 0.433 e. The Bertz CT molecular complexity index is 1570. The Morgan fingerprint density at radius 1 is 1.09 bits per heavy atom. The third-order valence-electron chi connectivity index (χ3n) is 7.56. The van der Waals surface area contributed by atoms with Gasteiger partial charge in [0.1, 0.15) is 11.6 Å². The number of aryl methyl sites for hydroxylation is 1. The van der Waals surface area contributed by atoms with Gasteiger partial charge in [0, 0.05) is 18.8 Å². The van der Waals surface area contributed by atoms with Gasteiger partial charge in [-0.15, -0.1) is 0 Å². The number of aromatic nitrogens is 3. The zero-order valence-corrected chi connectivity index (χ0v) is 24.3. The second-order valence-corrected chi connectivity index (χ2v) is 11.5. The van der Waals surface area contributed by atoms with Gasteiger partial charge >= 0.3 is 12.1 Å². The number of benzene rings is 1. The fourth-order valence-electron chi connectivity index (χ4n) is 5.14. The number of amides is 1. The van der Waals surface area contributed by atoms with E-state index in [4.69, 9.17) is 23.2 Å². The number of hydrogen-bond acceptors (Lipinski definition) is 5. The van der Waals surface area contributed by atoms with Gasteiger partial charge < -0.3 is 10.0 Å². The Labute approximate surface area is 252 Å². The van der Waals surface area contributed by atoms with Crippen LogP contribution in [0.4, 0.5) is 22.0 Å². The number of pyridine rings is 1. The Balaban J connectivity index is 1.74. The third-order valence-corrected chi connectivity index (χ3v) is 8.31. The molecule has 0 spiro atoms. The van der Waals surface area contributed by atoms with Gasteiger partial charge in [0.05, 0.1) is 51.1 Å². The van der Waals surface area contributed by atoms with Crippen molar-refractivity contribution >= 4 is 40.9 Å². The number of Topliss-reactive ketones (excluding diaryl/α,β-unsaturated/α-hetero) is 1. The Hall–Kier alpha value is -3.58. The van der Waals surface area contributed by atoms with Crippen LogP contribution < -0.4 is 0 Å². The van der Waals surface area contributed by atoms with E-state index < -0.39 is 71.3 Å². The van der Waals surface area contributed by atoms with Crippen LogP contribution in [0.3, 0.4) is 0 Å². The number of hydrogen-bond donors (Lipinski definition) is 1. The van der Waals surface area contributed by atoms with Gasteiger partial charge in [0.15, 0.2) is 11.5 Å². The number of carboxylic acids is 1. The molecule has 1 amide bonds. The van der Waals surface area contributed by atoms with Crippen molar-refractivity contribution in [3.63, 3.8) is 0 Å². The zero-order chi connectivity index (χ0) is 31.9. The van der Waals surface area contributed by atoms with Crippen molar-refractivity contribution in [3.8, 4) is 0 Å². The lowest BCUT2D eigenvalue weighted by Crippen LogP contribution is -2.37. The summed E-state index contributed by atoms with van der Waals surface area (Å²) in [6.07, 6.45) is -2.91. The summed E-state index contributed by atoms with van der Waals surface area (Å²) in [4.78, 5) is 43.3. The maximum absolute atomic E-state index is 14.5. The van der Waals surface area contributed by atoms with Crippen LogP contribution in [0.5, 0.6) is 0 Å². The average Bonchev–Trinajstić information content (AvgIpc) is 3.36. The first-order valence-electron chi connectivity index (χ1n) is 13.0. The van der Waals surface area contributed by atoms with E-state index in [0.717, 1.165) is 24.5 Å². The topological polar surface area (TPSA) is 105 Å². The van der Waals surface area contributed by atoms with Crippen LogP contribution in [0.1, 0.15) is 76.3 Å². The molecule has 0 atom stereocenters. The molecule has 230 valence electrons. The highest BCUT2D eigenvalue weighted by molar-refractivity contribution is 6.40. The molecule has 1 fully saturated rings. The number of ketones is 1. The monoisotopic (exact) mass is 646 g/mol. The van der Waals surface area contributed by atoms with E-state index in [0.29, 0.717) is 15.6 Å². The molecule has 1 saturated carbocycles. The van der Waals surface area contributed by atoms with E-state index in [2.05, 4.69) is 10.1 Å². The molecule has 1 N–H and O–H groups in total. The van der Waals surface area contributed by atoms with E-state index in [-0.39, 0.29) is 52.5 Å². The largest absolute Gasteiger partial charge is 0.481 e. The number of carbonyl (C=O) groups is 3. The first-order chi connectivity index (χ1) is 20.0. The summed E-state index contributed by atoms with van der Waals surface area (Å²) < 4.78 is 72.0. The highest BCUT2D eigenvalue weighted by atomic mass is 35.5. The minimum absolute atomic E-state index is 0.0599. The van der Waals surface area contributed by atoms with Gasteiger partial charge in [-0.3, -0.25) is 24.0 Å². The molecule has 0 radical (unpaired) electrons. The summed E-state index contributed by atoms with van der Waals surface area (Å²) >= 11 is 12.3. The van der Waals surface area contributed by atoms with E-state index in [1.54, 1.807) is 0 Å². The number of carbonyl (C=O) groups excluding carboxylic acids is 2. The van der Waals surface area contributed by atoms with Crippen molar-refractivity contribution < 1.29 is 41.4 Å². The standard InChI is InChI=1S/C28H25Cl2F5N4O4/c1-14-23(30)22(20(29)11-36-14)21(40)13-38(12-15-7-16(31)9-17(32)8-15)25(41)19-10-37-39(24(19)28(33,34)35)18-3-5-27(2,6-4-18)26(42)43/h7-11,18H,3-6,12-13H2,1-2H3,(H,42,43)/t18-,27-. The molecule has 1 aliphatic carbocycles. The summed E-state index contributed by atoms with van der Waals surface area (Å²) in [5.74, 6) is -5.21. The summed E-state index contributed by atoms with van der Waals surface area (Å²) in [7, 11) is 0. The lowest BCUT2D eigenvalue weighted by molar-refractivity contribution is -0.152. The molecule has 2 aromatic heterocycles. The number of aliphatic carboxylic acids is 1. The maximum Gasteiger partial charge on any atom is 0.433 e. The highest BCUT2D eigenvalue weighted by Crippen LogP contribution is 2.43. The molecule has 0 aliphatic heterocycles. The van der Waals surface area contributed by atoms with Crippen LogP contribution in [0.2, 0.25) is 10.0 Å². The van der Waals surface area contributed by atoms with Gasteiger partial charge in [0.2, 0.25) is 0 Å². The van der Waals surface area contributed by atoms with E-state index in [1.165, 1.54) is 13.8 Å². The van der Waals surface area contributed by atoms with Crippen LogP contribution in [-0.4, -0.2) is 49.0 Å². The van der Waals surface area contributed by atoms with E-state index in [9.17, 15) is 41.4 Å². The van der Waals surface area contributed by atoms with Crippen molar-refractivity contribution in [2.24, 2.45) is 5.41 Å². The summed E-state index contributed by atoms with van der Waals surface area (Å²) in [6, 6.07) is 1.47. The van der Waals surface area contributed by atoms with Crippen LogP contribution in [-0.2, 0) is 17.5 Å². The van der Waals surface area contributed by atoms with Crippen LogP contribution in [0, 0.1) is 24.0 Å². The SMILES string of the molecule is Cc1ncc(Cl)c(C(=O)CN(Cc2cc(F)cc(F)c2)C(=O)c2cnn([C@H]3CC[C@](C)(C(=O)O)CC3)c2C(F)(F)F)c1Cl. The molecule has 3 aromatic rings. The van der Waals surface area contributed by atoms with Crippen LogP contribution in [0.25, 0.3) is 0 Å². The number of nitrogens with zero attached hydrogens (tertiary/aromatic N) is 4. The molecule has 15 heteroatoms. The summed E-state index contributed by atoms with van der Waals surface area (Å²) in [5, 5.41) is 13.1. The normalized spacial score (nSPS) is 18.9. The fourth-order valence-corrected chi connectivity index (χ4v) is 5.69. The molecule has 0 unspecified atom stereocenters. The lowest BCUT2D eigenvalue weighted by atomic mass is 9.74.